The van der Waals surface area contributed by atoms with E-state index in [1.54, 1.807) is 17.2 Å². The first-order valence-corrected chi connectivity index (χ1v) is 8.32. The molecule has 6 nitrogen and oxygen atoms in total. The van der Waals surface area contributed by atoms with Crippen LogP contribution in [0.25, 0.3) is 0 Å². The summed E-state index contributed by atoms with van der Waals surface area (Å²) in [6.45, 7) is 7.90. The highest BCUT2D eigenvalue weighted by Gasteiger charge is 2.24. The molecule has 2 aromatic heterocycles. The highest BCUT2D eigenvalue weighted by molar-refractivity contribution is 5.91. The summed E-state index contributed by atoms with van der Waals surface area (Å²) in [5, 5.41) is 2.96. The number of pyridine rings is 2. The van der Waals surface area contributed by atoms with Crippen LogP contribution in [0.3, 0.4) is 0 Å². The number of hydrogen-bond acceptors (Lipinski definition) is 4. The molecule has 0 aromatic carbocycles. The fraction of sp³-hybridized carbons (Fsp3) is 0.389. The molecule has 3 heterocycles. The van der Waals surface area contributed by atoms with Crippen molar-refractivity contribution in [3.8, 4) is 0 Å². The molecule has 0 aliphatic carbocycles. The smallest absolute Gasteiger partial charge is 0.322 e. The number of piperazine rings is 1. The van der Waals surface area contributed by atoms with Gasteiger partial charge in [0.25, 0.3) is 0 Å². The summed E-state index contributed by atoms with van der Waals surface area (Å²) in [7, 11) is 0. The maximum absolute atomic E-state index is 13.8. The van der Waals surface area contributed by atoms with E-state index >= 15 is 0 Å². The van der Waals surface area contributed by atoms with Gasteiger partial charge in [0, 0.05) is 38.1 Å². The third-order valence-electron chi connectivity index (χ3n) is 4.36. The molecule has 2 amide bonds. The first kappa shape index (κ1) is 17.1. The van der Waals surface area contributed by atoms with Crippen LogP contribution in [0, 0.1) is 26.6 Å². The van der Waals surface area contributed by atoms with Gasteiger partial charge in [-0.25, -0.2) is 14.2 Å². The van der Waals surface area contributed by atoms with Gasteiger partial charge < -0.3 is 15.1 Å². The molecule has 0 radical (unpaired) electrons. The zero-order valence-corrected chi connectivity index (χ0v) is 14.7. The molecule has 1 N–H and O–H groups in total. The lowest BCUT2D eigenvalue weighted by atomic mass is 10.1. The molecule has 1 aliphatic heterocycles. The Morgan fingerprint density at radius 1 is 1.20 bits per heavy atom. The Kier molecular flexibility index (Phi) is 4.83. The highest BCUT2D eigenvalue weighted by Crippen LogP contribution is 2.21. The number of nitrogens with zero attached hydrogens (tertiary/aromatic N) is 4. The van der Waals surface area contributed by atoms with Crippen molar-refractivity contribution in [2.24, 2.45) is 0 Å². The Bertz CT molecular complexity index is 764. The average Bonchev–Trinajstić information content (AvgIpc) is 2.58. The van der Waals surface area contributed by atoms with E-state index < -0.39 is 0 Å². The third kappa shape index (κ3) is 3.70. The number of hydrogen-bond donors (Lipinski definition) is 1. The predicted molar refractivity (Wildman–Crippen MR) is 95.4 cm³/mol. The minimum atomic E-state index is -0.336. The molecule has 2 aromatic rings. The van der Waals surface area contributed by atoms with Crippen molar-refractivity contribution < 1.29 is 9.18 Å². The summed E-state index contributed by atoms with van der Waals surface area (Å²) in [6.07, 6.45) is 1.58. The van der Waals surface area contributed by atoms with Crippen molar-refractivity contribution >= 4 is 17.5 Å². The van der Waals surface area contributed by atoms with E-state index in [0.29, 0.717) is 32.0 Å². The van der Waals surface area contributed by atoms with E-state index in [1.807, 2.05) is 31.7 Å². The van der Waals surface area contributed by atoms with Gasteiger partial charge in [-0.05, 0) is 44.5 Å². The first-order chi connectivity index (χ1) is 12.0. The fourth-order valence-corrected chi connectivity index (χ4v) is 3.13. The first-order valence-electron chi connectivity index (χ1n) is 8.32. The summed E-state index contributed by atoms with van der Waals surface area (Å²) in [5.74, 6) is 0.00867. The Morgan fingerprint density at radius 3 is 2.56 bits per heavy atom. The molecule has 25 heavy (non-hydrogen) atoms. The van der Waals surface area contributed by atoms with Gasteiger partial charge in [-0.2, -0.15) is 0 Å². The molecule has 0 saturated carbocycles. The summed E-state index contributed by atoms with van der Waals surface area (Å²) in [4.78, 5) is 24.6. The molecular weight excluding hydrogens is 321 g/mol. The normalized spacial score (nSPS) is 14.6. The summed E-state index contributed by atoms with van der Waals surface area (Å²) >= 11 is 0. The van der Waals surface area contributed by atoms with Crippen molar-refractivity contribution in [3.05, 3.63) is 47.2 Å². The van der Waals surface area contributed by atoms with Crippen LogP contribution in [0.2, 0.25) is 0 Å². The number of carbonyl (C=O) groups excluding carboxylic acids is 1. The van der Waals surface area contributed by atoms with E-state index in [2.05, 4.69) is 15.3 Å². The number of urea groups is 1. The zero-order valence-electron chi connectivity index (χ0n) is 14.7. The van der Waals surface area contributed by atoms with Crippen molar-refractivity contribution in [1.29, 1.82) is 0 Å². The lowest BCUT2D eigenvalue weighted by Gasteiger charge is -2.35. The highest BCUT2D eigenvalue weighted by atomic mass is 19.1. The molecule has 3 rings (SSSR count). The van der Waals surface area contributed by atoms with Crippen molar-refractivity contribution in [2.45, 2.75) is 20.8 Å². The summed E-state index contributed by atoms with van der Waals surface area (Å²) < 4.78 is 13.8. The standard InChI is InChI=1S/C18H22FN5O/c1-12-11-13(2)21-14(3)16(12)22-18(25)24-9-7-23(8-10-24)17-15(19)5-4-6-20-17/h4-6,11H,7-10H2,1-3H3,(H,22,25). The number of anilines is 2. The Hall–Kier alpha value is -2.70. The van der Waals surface area contributed by atoms with E-state index in [4.69, 9.17) is 0 Å². The second-order valence-electron chi connectivity index (χ2n) is 6.25. The summed E-state index contributed by atoms with van der Waals surface area (Å²) in [5.41, 5.74) is 3.49. The van der Waals surface area contributed by atoms with Crippen LogP contribution in [-0.4, -0.2) is 47.1 Å². The Balaban J connectivity index is 1.64. The largest absolute Gasteiger partial charge is 0.351 e. The maximum atomic E-state index is 13.8. The van der Waals surface area contributed by atoms with E-state index in [0.717, 1.165) is 22.6 Å². The van der Waals surface area contributed by atoms with Crippen molar-refractivity contribution in [1.82, 2.24) is 14.9 Å². The van der Waals surface area contributed by atoms with E-state index in [1.165, 1.54) is 6.07 Å². The van der Waals surface area contributed by atoms with Crippen LogP contribution in [0.1, 0.15) is 17.0 Å². The van der Waals surface area contributed by atoms with Crippen molar-refractivity contribution in [3.63, 3.8) is 0 Å². The van der Waals surface area contributed by atoms with Crippen LogP contribution in [-0.2, 0) is 0 Å². The second-order valence-corrected chi connectivity index (χ2v) is 6.25. The number of nitrogens with one attached hydrogen (secondary N) is 1. The lowest BCUT2D eigenvalue weighted by molar-refractivity contribution is 0.208. The minimum Gasteiger partial charge on any atom is -0.351 e. The van der Waals surface area contributed by atoms with Gasteiger partial charge in [-0.3, -0.25) is 4.98 Å². The topological polar surface area (TPSA) is 61.4 Å². The number of carbonyl (C=O) groups is 1. The van der Waals surface area contributed by atoms with E-state index in [9.17, 15) is 9.18 Å². The number of amides is 2. The molecule has 1 fully saturated rings. The molecule has 132 valence electrons. The third-order valence-corrected chi connectivity index (χ3v) is 4.36. The average molecular weight is 343 g/mol. The molecule has 1 aliphatic rings. The lowest BCUT2D eigenvalue weighted by Crippen LogP contribution is -2.50. The van der Waals surface area contributed by atoms with Crippen LogP contribution in [0.15, 0.2) is 24.4 Å². The molecule has 0 bridgehead atoms. The number of aryl methyl sites for hydroxylation is 3. The van der Waals surface area contributed by atoms with Gasteiger partial charge in [0.05, 0.1) is 11.4 Å². The van der Waals surface area contributed by atoms with Gasteiger partial charge >= 0.3 is 6.03 Å². The monoisotopic (exact) mass is 343 g/mol. The quantitative estimate of drug-likeness (QED) is 0.911. The number of aromatic nitrogens is 2. The van der Waals surface area contributed by atoms with E-state index in [-0.39, 0.29) is 11.8 Å². The number of halogens is 1. The van der Waals surface area contributed by atoms with Crippen LogP contribution in [0.5, 0.6) is 0 Å². The molecule has 0 spiro atoms. The maximum Gasteiger partial charge on any atom is 0.322 e. The SMILES string of the molecule is Cc1cc(C)c(NC(=O)N2CCN(c3ncccc3F)CC2)c(C)n1. The van der Waals surface area contributed by atoms with Crippen LogP contribution >= 0.6 is 0 Å². The molecule has 0 atom stereocenters. The van der Waals surface area contributed by atoms with Crippen LogP contribution < -0.4 is 10.2 Å². The zero-order chi connectivity index (χ0) is 18.0. The molecule has 7 heteroatoms. The predicted octanol–water partition coefficient (Wildman–Crippen LogP) is 2.90. The molecular formula is C18H22FN5O. The molecule has 1 saturated heterocycles. The molecule has 0 unspecified atom stereocenters. The second kappa shape index (κ2) is 7.04. The Labute approximate surface area is 146 Å². The van der Waals surface area contributed by atoms with Gasteiger partial charge in [0.1, 0.15) is 0 Å². The minimum absolute atomic E-state index is 0.155. The van der Waals surface area contributed by atoms with Gasteiger partial charge in [-0.15, -0.1) is 0 Å². The fourth-order valence-electron chi connectivity index (χ4n) is 3.13. The Morgan fingerprint density at radius 2 is 1.92 bits per heavy atom. The van der Waals surface area contributed by atoms with Crippen LogP contribution in [0.4, 0.5) is 20.7 Å². The summed E-state index contributed by atoms with van der Waals surface area (Å²) in [6, 6.07) is 4.77. The van der Waals surface area contributed by atoms with Gasteiger partial charge in [0.15, 0.2) is 11.6 Å². The van der Waals surface area contributed by atoms with Gasteiger partial charge in [-0.1, -0.05) is 0 Å². The van der Waals surface area contributed by atoms with Gasteiger partial charge in [0.2, 0.25) is 0 Å². The number of rotatable bonds is 2. The van der Waals surface area contributed by atoms with Crippen molar-refractivity contribution in [2.75, 3.05) is 36.4 Å².